The van der Waals surface area contributed by atoms with Gasteiger partial charge in [-0.3, -0.25) is 4.79 Å². The Morgan fingerprint density at radius 2 is 1.88 bits per heavy atom. The molecule has 0 fully saturated rings. The van der Waals surface area contributed by atoms with Crippen LogP contribution in [0.1, 0.15) is 38.2 Å². The number of nitrogens with zero attached hydrogens (tertiary/aromatic N) is 3. The number of aliphatic hydroxyl groups excluding tert-OH is 1. The van der Waals surface area contributed by atoms with Crippen LogP contribution in [0.15, 0.2) is 54.7 Å². The van der Waals surface area contributed by atoms with Crippen molar-refractivity contribution in [1.82, 2.24) is 14.8 Å². The van der Waals surface area contributed by atoms with Crippen LogP contribution < -0.4 is 19.5 Å². The zero-order chi connectivity index (χ0) is 31.1. The van der Waals surface area contributed by atoms with E-state index in [1.165, 1.54) is 35.4 Å². The summed E-state index contributed by atoms with van der Waals surface area (Å²) in [6.07, 6.45) is 0.981. The summed E-state index contributed by atoms with van der Waals surface area (Å²) in [5.74, 6) is 6.36. The van der Waals surface area contributed by atoms with Gasteiger partial charge in [0.05, 0.1) is 33.4 Å². The lowest BCUT2D eigenvalue weighted by Gasteiger charge is -2.37. The fourth-order valence-electron chi connectivity index (χ4n) is 4.55. The quantitative estimate of drug-likeness (QED) is 0.387. The molecule has 11 heteroatoms. The van der Waals surface area contributed by atoms with Crippen LogP contribution in [0.3, 0.4) is 0 Å². The first-order valence-electron chi connectivity index (χ1n) is 13.7. The first-order valence-corrected chi connectivity index (χ1v) is 13.7. The summed E-state index contributed by atoms with van der Waals surface area (Å²) in [4.78, 5) is 34.1. The Kier molecular flexibility index (Phi) is 10.1. The summed E-state index contributed by atoms with van der Waals surface area (Å²) < 4.78 is 30.2. The average molecular weight is 595 g/mol. The Hall–Kier alpha value is -4.82. The molecule has 4 rings (SSSR count). The van der Waals surface area contributed by atoms with E-state index in [0.29, 0.717) is 28.3 Å². The summed E-state index contributed by atoms with van der Waals surface area (Å²) in [6, 6.07) is 11.5. The number of hydrogen-bond donors (Lipinski definition) is 2. The van der Waals surface area contributed by atoms with Gasteiger partial charge in [-0.2, -0.15) is 0 Å². The van der Waals surface area contributed by atoms with Crippen LogP contribution in [0.4, 0.5) is 14.9 Å². The predicted octanol–water partition coefficient (Wildman–Crippen LogP) is 4.51. The van der Waals surface area contributed by atoms with E-state index in [4.69, 9.17) is 14.2 Å². The number of pyridine rings is 1. The van der Waals surface area contributed by atoms with E-state index in [9.17, 15) is 19.1 Å². The molecule has 0 unspecified atom stereocenters. The fraction of sp³-hybridized carbons (Fsp3) is 0.344. The molecule has 3 amide bonds. The number of urea groups is 1. The maximum Gasteiger partial charge on any atom is 0.321 e. The lowest BCUT2D eigenvalue weighted by Crippen LogP contribution is -2.50. The minimum Gasteiger partial charge on any atom is -0.493 e. The zero-order valence-corrected chi connectivity index (χ0v) is 24.8. The predicted molar refractivity (Wildman–Crippen MR) is 163 cm³/mol. The van der Waals surface area contributed by atoms with Crippen molar-refractivity contribution in [2.24, 2.45) is 5.92 Å². The highest BCUT2D eigenvalue weighted by Gasteiger charge is 2.34. The van der Waals surface area contributed by atoms with E-state index in [2.05, 4.69) is 22.1 Å². The Balaban J connectivity index is 0.00000353. The van der Waals surface area contributed by atoms with Gasteiger partial charge in [-0.15, -0.1) is 0 Å². The number of anilines is 1. The van der Waals surface area contributed by atoms with E-state index in [1.807, 2.05) is 6.92 Å². The van der Waals surface area contributed by atoms with E-state index in [1.54, 1.807) is 57.4 Å². The van der Waals surface area contributed by atoms with Crippen LogP contribution in [0.25, 0.3) is 0 Å². The van der Waals surface area contributed by atoms with Crippen LogP contribution in [0.2, 0.25) is 0 Å². The normalized spacial score (nSPS) is 16.8. The smallest absolute Gasteiger partial charge is 0.321 e. The lowest BCUT2D eigenvalue weighted by atomic mass is 10.00. The second kappa shape index (κ2) is 13.9. The molecule has 0 aliphatic carbocycles. The van der Waals surface area contributed by atoms with E-state index in [-0.39, 0.29) is 45.8 Å². The van der Waals surface area contributed by atoms with Crippen LogP contribution >= 0.6 is 0 Å². The van der Waals surface area contributed by atoms with Gasteiger partial charge in [-0.05, 0) is 55.5 Å². The monoisotopic (exact) mass is 594 g/mol. The molecule has 3 atom stereocenters. The van der Waals surface area contributed by atoms with Crippen LogP contribution in [0, 0.1) is 23.6 Å². The zero-order valence-electron chi connectivity index (χ0n) is 24.8. The molecule has 10 nitrogen and oxygen atoms in total. The van der Waals surface area contributed by atoms with Crippen molar-refractivity contribution in [2.45, 2.75) is 26.0 Å². The standard InChI is InChI=1S/C32H35FN4O6.2H2/c1-20-17-37(21(2)19-38)31(39)26-14-23(7-6-22-8-13-27(41-4)28(15-22)42-5)16-34-30(26)43-29(20)18-36(3)32(40)35-25-11-9-24(33)10-12-25;;/h8-16,20-21,29,38H,17-19H2,1-5H3,(H,35,40);2*1H/t20-,21+,29-;;/m0../s1. The van der Waals surface area contributed by atoms with Crippen LogP contribution in [-0.4, -0.2) is 84.9 Å². The number of benzene rings is 2. The minimum absolute atomic E-state index is 0. The lowest BCUT2D eigenvalue weighted by molar-refractivity contribution is 0.0356. The number of ether oxygens (including phenoxy) is 3. The van der Waals surface area contributed by atoms with Gasteiger partial charge in [-0.1, -0.05) is 18.8 Å². The molecule has 0 radical (unpaired) electrons. The van der Waals surface area contributed by atoms with Gasteiger partial charge in [0.2, 0.25) is 5.88 Å². The summed E-state index contributed by atoms with van der Waals surface area (Å²) in [5, 5.41) is 12.7. The van der Waals surface area contributed by atoms with Gasteiger partial charge in [0, 0.05) is 45.4 Å². The summed E-state index contributed by atoms with van der Waals surface area (Å²) >= 11 is 0. The van der Waals surface area contributed by atoms with Gasteiger partial charge in [0.1, 0.15) is 17.5 Å². The van der Waals surface area contributed by atoms with Crippen LogP contribution in [-0.2, 0) is 0 Å². The molecule has 43 heavy (non-hydrogen) atoms. The Morgan fingerprint density at radius 3 is 2.56 bits per heavy atom. The number of aliphatic hydroxyl groups is 1. The number of aromatic nitrogens is 1. The molecule has 2 aromatic carbocycles. The highest BCUT2D eigenvalue weighted by molar-refractivity contribution is 5.97. The van der Waals surface area contributed by atoms with Crippen LogP contribution in [0.5, 0.6) is 17.4 Å². The van der Waals surface area contributed by atoms with Gasteiger partial charge < -0.3 is 34.4 Å². The Labute approximate surface area is 253 Å². The first-order chi connectivity index (χ1) is 20.6. The number of rotatable bonds is 7. The molecule has 3 aromatic rings. The van der Waals surface area contributed by atoms with Gasteiger partial charge in [0.15, 0.2) is 11.5 Å². The number of carbonyl (C=O) groups excluding carboxylic acids is 2. The molecule has 230 valence electrons. The van der Waals surface area contributed by atoms with Gasteiger partial charge in [0.25, 0.3) is 5.91 Å². The largest absolute Gasteiger partial charge is 0.493 e. The van der Waals surface area contributed by atoms with Crippen molar-refractivity contribution >= 4 is 17.6 Å². The maximum atomic E-state index is 13.7. The molecule has 0 saturated carbocycles. The number of halogens is 1. The van der Waals surface area contributed by atoms with E-state index in [0.717, 1.165) is 0 Å². The van der Waals surface area contributed by atoms with E-state index >= 15 is 0 Å². The Morgan fingerprint density at radius 1 is 1.19 bits per heavy atom. The molecule has 0 saturated heterocycles. The average Bonchev–Trinajstić information content (AvgIpc) is 3.02. The second-order valence-corrected chi connectivity index (χ2v) is 10.3. The number of carbonyl (C=O) groups is 2. The summed E-state index contributed by atoms with van der Waals surface area (Å²) in [5.41, 5.74) is 1.82. The molecule has 0 spiro atoms. The van der Waals surface area contributed by atoms with Crippen molar-refractivity contribution in [3.63, 3.8) is 0 Å². The fourth-order valence-corrected chi connectivity index (χ4v) is 4.55. The number of methoxy groups -OCH3 is 2. The number of fused-ring (bicyclic) bond motifs is 1. The van der Waals surface area contributed by atoms with Crippen molar-refractivity contribution in [1.29, 1.82) is 0 Å². The SMILES string of the molecule is COc1ccc(C#Cc2cnc3c(c2)C(=O)N([C@H](C)CO)C[C@H](C)[C@H](CN(C)C(=O)Nc2ccc(F)cc2)O3)cc1OC.[HH].[HH]. The molecule has 1 aliphatic heterocycles. The summed E-state index contributed by atoms with van der Waals surface area (Å²) in [7, 11) is 4.72. The first kappa shape index (κ1) is 31.1. The Bertz CT molecular complexity index is 1530. The summed E-state index contributed by atoms with van der Waals surface area (Å²) in [6.45, 7) is 3.89. The topological polar surface area (TPSA) is 113 Å². The highest BCUT2D eigenvalue weighted by atomic mass is 19.1. The molecule has 2 heterocycles. The number of amides is 3. The number of nitrogens with one attached hydrogen (secondary N) is 1. The third kappa shape index (κ3) is 7.53. The van der Waals surface area contributed by atoms with E-state index < -0.39 is 24.0 Å². The van der Waals surface area contributed by atoms with Crippen molar-refractivity contribution in [3.8, 4) is 29.2 Å². The molecular weight excluding hydrogens is 555 g/mol. The minimum atomic E-state index is -0.541. The number of likely N-dealkylation sites (N-methyl/N-ethyl adjacent to an activating group) is 1. The molecule has 0 bridgehead atoms. The second-order valence-electron chi connectivity index (χ2n) is 10.3. The molecule has 1 aliphatic rings. The highest BCUT2D eigenvalue weighted by Crippen LogP contribution is 2.29. The molecular formula is C32H39FN4O6. The number of hydrogen-bond acceptors (Lipinski definition) is 7. The van der Waals surface area contributed by atoms with Crippen molar-refractivity contribution in [2.75, 3.05) is 46.3 Å². The van der Waals surface area contributed by atoms with Crippen molar-refractivity contribution < 1.29 is 36.1 Å². The van der Waals surface area contributed by atoms with Gasteiger partial charge in [-0.25, -0.2) is 14.2 Å². The van der Waals surface area contributed by atoms with Crippen molar-refractivity contribution in [3.05, 3.63) is 77.2 Å². The maximum absolute atomic E-state index is 13.7. The third-order valence-corrected chi connectivity index (χ3v) is 7.15. The van der Waals surface area contributed by atoms with Gasteiger partial charge >= 0.3 is 6.03 Å². The third-order valence-electron chi connectivity index (χ3n) is 7.15. The molecule has 2 N–H and O–H groups in total. The molecule has 1 aromatic heterocycles.